The molecule has 7 heteroatoms. The van der Waals surface area contributed by atoms with E-state index in [-0.39, 0.29) is 24.3 Å². The summed E-state index contributed by atoms with van der Waals surface area (Å²) < 4.78 is 0. The molecular weight excluding hydrogens is 276 g/mol. The van der Waals surface area contributed by atoms with E-state index in [1.807, 2.05) is 0 Å². The van der Waals surface area contributed by atoms with Gasteiger partial charge in [-0.1, -0.05) is 31.1 Å². The van der Waals surface area contributed by atoms with E-state index in [0.717, 1.165) is 17.8 Å². The second-order valence-electron chi connectivity index (χ2n) is 4.81. The van der Waals surface area contributed by atoms with Gasteiger partial charge in [-0.3, -0.25) is 9.59 Å². The summed E-state index contributed by atoms with van der Waals surface area (Å²) in [7, 11) is 0. The lowest BCUT2D eigenvalue weighted by Crippen LogP contribution is -2.33. The van der Waals surface area contributed by atoms with Gasteiger partial charge in [0.15, 0.2) is 0 Å². The minimum absolute atomic E-state index is 0.139. The van der Waals surface area contributed by atoms with Crippen molar-refractivity contribution in [2.24, 2.45) is 0 Å². The molecule has 1 aromatic rings. The van der Waals surface area contributed by atoms with E-state index >= 15 is 0 Å². The van der Waals surface area contributed by atoms with Gasteiger partial charge in [-0.25, -0.2) is 0 Å². The Labute approximate surface area is 123 Å². The van der Waals surface area contributed by atoms with E-state index in [9.17, 15) is 9.59 Å². The molecule has 2 N–H and O–H groups in total. The van der Waals surface area contributed by atoms with Crippen LogP contribution in [0.4, 0.5) is 5.13 Å². The smallest absolute Gasteiger partial charge is 0.228 e. The van der Waals surface area contributed by atoms with Crippen LogP contribution in [0.25, 0.3) is 0 Å². The van der Waals surface area contributed by atoms with Crippen LogP contribution in [-0.2, 0) is 16.0 Å². The quantitative estimate of drug-likeness (QED) is 0.720. The van der Waals surface area contributed by atoms with Crippen molar-refractivity contribution < 1.29 is 9.59 Å². The normalized spacial score (nSPS) is 11.9. The Kier molecular flexibility index (Phi) is 7.14. The lowest BCUT2D eigenvalue weighted by Gasteiger charge is -2.10. The Morgan fingerprint density at radius 2 is 2.05 bits per heavy atom. The van der Waals surface area contributed by atoms with Crippen LogP contribution in [0.3, 0.4) is 0 Å². The average molecular weight is 298 g/mol. The fraction of sp³-hybridized carbons (Fsp3) is 0.692. The molecule has 1 heterocycles. The Morgan fingerprint density at radius 3 is 2.70 bits per heavy atom. The predicted molar refractivity (Wildman–Crippen MR) is 79.7 cm³/mol. The SMILES string of the molecule is CCCCCc1nnc(NC(=O)CC(C)NC(C)=O)s1. The standard InChI is InChI=1S/C13H22N4O2S/c1-4-5-6-7-12-16-17-13(20-12)15-11(19)8-9(2)14-10(3)18/h9H,4-8H2,1-3H3,(H,14,18)(H,15,17,19). The number of unbranched alkanes of at least 4 members (excludes halogenated alkanes) is 2. The number of carbonyl (C=O) groups excluding carboxylic acids is 2. The van der Waals surface area contributed by atoms with Gasteiger partial charge < -0.3 is 10.6 Å². The van der Waals surface area contributed by atoms with Crippen molar-refractivity contribution in [1.29, 1.82) is 0 Å². The first-order valence-electron chi connectivity index (χ1n) is 6.90. The summed E-state index contributed by atoms with van der Waals surface area (Å²) in [5.74, 6) is -0.304. The van der Waals surface area contributed by atoms with Gasteiger partial charge in [-0.15, -0.1) is 10.2 Å². The number of rotatable bonds is 8. The Morgan fingerprint density at radius 1 is 1.30 bits per heavy atom. The zero-order valence-electron chi connectivity index (χ0n) is 12.2. The monoisotopic (exact) mass is 298 g/mol. The summed E-state index contributed by atoms with van der Waals surface area (Å²) in [6, 6.07) is -0.190. The number of hydrogen-bond donors (Lipinski definition) is 2. The van der Waals surface area contributed by atoms with E-state index in [1.54, 1.807) is 6.92 Å². The first-order chi connectivity index (χ1) is 9.51. The minimum atomic E-state index is -0.190. The first kappa shape index (κ1) is 16.6. The molecule has 0 radical (unpaired) electrons. The Hall–Kier alpha value is -1.50. The molecule has 0 aliphatic rings. The van der Waals surface area contributed by atoms with Gasteiger partial charge >= 0.3 is 0 Å². The summed E-state index contributed by atoms with van der Waals surface area (Å²) in [6.07, 6.45) is 4.57. The van der Waals surface area contributed by atoms with Gasteiger partial charge in [0.2, 0.25) is 16.9 Å². The van der Waals surface area contributed by atoms with Crippen LogP contribution < -0.4 is 10.6 Å². The van der Waals surface area contributed by atoms with E-state index in [4.69, 9.17) is 0 Å². The number of aromatic nitrogens is 2. The number of aryl methyl sites for hydroxylation is 1. The molecule has 1 rings (SSSR count). The lowest BCUT2D eigenvalue weighted by molar-refractivity contribution is -0.120. The van der Waals surface area contributed by atoms with Crippen molar-refractivity contribution in [1.82, 2.24) is 15.5 Å². The highest BCUT2D eigenvalue weighted by molar-refractivity contribution is 7.15. The molecule has 6 nitrogen and oxygen atoms in total. The van der Waals surface area contributed by atoms with Crippen molar-refractivity contribution in [3.05, 3.63) is 5.01 Å². The van der Waals surface area contributed by atoms with E-state index in [0.29, 0.717) is 5.13 Å². The molecule has 0 bridgehead atoms. The molecule has 0 saturated carbocycles. The third kappa shape index (κ3) is 6.60. The van der Waals surface area contributed by atoms with Crippen molar-refractivity contribution in [2.75, 3.05) is 5.32 Å². The Bertz CT molecular complexity index is 447. The number of nitrogens with zero attached hydrogens (tertiary/aromatic N) is 2. The van der Waals surface area contributed by atoms with Gasteiger partial charge in [-0.05, 0) is 13.3 Å². The third-order valence-corrected chi connectivity index (χ3v) is 3.55. The fourth-order valence-corrected chi connectivity index (χ4v) is 2.58. The average Bonchev–Trinajstić information content (AvgIpc) is 2.75. The zero-order valence-corrected chi connectivity index (χ0v) is 13.0. The number of carbonyl (C=O) groups is 2. The fourth-order valence-electron chi connectivity index (χ4n) is 1.78. The highest BCUT2D eigenvalue weighted by Crippen LogP contribution is 2.17. The lowest BCUT2D eigenvalue weighted by atomic mass is 10.2. The van der Waals surface area contributed by atoms with Crippen LogP contribution in [0.5, 0.6) is 0 Å². The van der Waals surface area contributed by atoms with Crippen molar-refractivity contribution >= 4 is 28.3 Å². The highest BCUT2D eigenvalue weighted by atomic mass is 32.1. The van der Waals surface area contributed by atoms with Gasteiger partial charge in [0.05, 0.1) is 0 Å². The molecule has 112 valence electrons. The molecule has 20 heavy (non-hydrogen) atoms. The summed E-state index contributed by atoms with van der Waals surface area (Å²) in [6.45, 7) is 5.38. The molecule has 0 aliphatic heterocycles. The van der Waals surface area contributed by atoms with Crippen molar-refractivity contribution in [3.63, 3.8) is 0 Å². The molecule has 1 atom stereocenters. The Balaban J connectivity index is 2.36. The zero-order chi connectivity index (χ0) is 15.0. The summed E-state index contributed by atoms with van der Waals surface area (Å²) >= 11 is 1.41. The predicted octanol–water partition coefficient (Wildman–Crippen LogP) is 2.12. The maximum absolute atomic E-state index is 11.8. The summed E-state index contributed by atoms with van der Waals surface area (Å²) in [4.78, 5) is 22.6. The second-order valence-corrected chi connectivity index (χ2v) is 5.87. The van der Waals surface area contributed by atoms with Crippen LogP contribution in [0, 0.1) is 0 Å². The molecule has 1 aromatic heterocycles. The molecule has 0 aromatic carbocycles. The third-order valence-electron chi connectivity index (χ3n) is 2.65. The number of anilines is 1. The van der Waals surface area contributed by atoms with Gasteiger partial charge in [0.25, 0.3) is 0 Å². The van der Waals surface area contributed by atoms with Crippen LogP contribution in [-0.4, -0.2) is 28.1 Å². The topological polar surface area (TPSA) is 84.0 Å². The molecule has 2 amide bonds. The number of nitrogens with one attached hydrogen (secondary N) is 2. The van der Waals surface area contributed by atoms with E-state index < -0.39 is 0 Å². The summed E-state index contributed by atoms with van der Waals surface area (Å²) in [5, 5.41) is 14.9. The van der Waals surface area contributed by atoms with Crippen molar-refractivity contribution in [2.45, 2.75) is 58.9 Å². The molecule has 1 unspecified atom stereocenters. The van der Waals surface area contributed by atoms with Crippen LogP contribution in [0.15, 0.2) is 0 Å². The van der Waals surface area contributed by atoms with Gasteiger partial charge in [0, 0.05) is 25.8 Å². The second kappa shape index (κ2) is 8.63. The maximum Gasteiger partial charge on any atom is 0.228 e. The molecule has 0 saturated heterocycles. The van der Waals surface area contributed by atoms with Gasteiger partial charge in [-0.2, -0.15) is 0 Å². The number of amides is 2. The van der Waals surface area contributed by atoms with E-state index in [1.165, 1.54) is 31.1 Å². The first-order valence-corrected chi connectivity index (χ1v) is 7.72. The summed E-state index contributed by atoms with van der Waals surface area (Å²) in [5.41, 5.74) is 0. The largest absolute Gasteiger partial charge is 0.353 e. The molecule has 0 fully saturated rings. The number of hydrogen-bond acceptors (Lipinski definition) is 5. The highest BCUT2D eigenvalue weighted by Gasteiger charge is 2.12. The molecule has 0 spiro atoms. The minimum Gasteiger partial charge on any atom is -0.353 e. The van der Waals surface area contributed by atoms with Gasteiger partial charge in [0.1, 0.15) is 5.01 Å². The van der Waals surface area contributed by atoms with Crippen LogP contribution >= 0.6 is 11.3 Å². The van der Waals surface area contributed by atoms with Crippen LogP contribution in [0.1, 0.15) is 51.5 Å². The molecular formula is C13H22N4O2S. The molecule has 0 aliphatic carbocycles. The van der Waals surface area contributed by atoms with Crippen molar-refractivity contribution in [3.8, 4) is 0 Å². The van der Waals surface area contributed by atoms with Crippen LogP contribution in [0.2, 0.25) is 0 Å². The van der Waals surface area contributed by atoms with E-state index in [2.05, 4.69) is 27.8 Å². The maximum atomic E-state index is 11.8.